The van der Waals surface area contributed by atoms with Gasteiger partial charge in [0.1, 0.15) is 5.69 Å². The van der Waals surface area contributed by atoms with Crippen LogP contribution in [0.15, 0.2) is 55.1 Å². The fourth-order valence-electron chi connectivity index (χ4n) is 1.34. The standard InChI is InChI=1S/C15H20N/c1-5-6-7-8-9-14-10-12-15(13-11-14)16(2,3)4/h5-13H,1H2,2-4H3/q+1/b7-6+,9-8+. The highest BCUT2D eigenvalue weighted by atomic mass is 15.3. The van der Waals surface area contributed by atoms with Gasteiger partial charge < -0.3 is 0 Å². The Labute approximate surface area is 98.6 Å². The van der Waals surface area contributed by atoms with Gasteiger partial charge in [-0.25, -0.2) is 0 Å². The van der Waals surface area contributed by atoms with Crippen molar-refractivity contribution >= 4 is 11.8 Å². The van der Waals surface area contributed by atoms with E-state index < -0.39 is 0 Å². The Hall–Kier alpha value is -1.60. The Bertz CT molecular complexity index is 388. The van der Waals surface area contributed by atoms with E-state index in [1.54, 1.807) is 6.08 Å². The number of rotatable bonds is 4. The topological polar surface area (TPSA) is 0 Å². The molecule has 0 aromatic heterocycles. The first-order valence-corrected chi connectivity index (χ1v) is 5.42. The minimum atomic E-state index is 0.848. The predicted octanol–water partition coefficient (Wildman–Crippen LogP) is 3.64. The van der Waals surface area contributed by atoms with Crippen LogP contribution >= 0.6 is 0 Å². The van der Waals surface area contributed by atoms with Crippen LogP contribution in [-0.4, -0.2) is 21.1 Å². The van der Waals surface area contributed by atoms with Crippen LogP contribution in [-0.2, 0) is 0 Å². The summed E-state index contributed by atoms with van der Waals surface area (Å²) < 4.78 is 0.848. The molecule has 0 heterocycles. The molecule has 0 N–H and O–H groups in total. The normalized spacial score (nSPS) is 12.4. The molecule has 84 valence electrons. The zero-order valence-corrected chi connectivity index (χ0v) is 10.4. The van der Waals surface area contributed by atoms with Crippen molar-refractivity contribution in [3.05, 3.63) is 60.7 Å². The molecule has 0 atom stereocenters. The van der Waals surface area contributed by atoms with Crippen molar-refractivity contribution in [1.29, 1.82) is 0 Å². The van der Waals surface area contributed by atoms with E-state index in [2.05, 4.69) is 58.1 Å². The van der Waals surface area contributed by atoms with Crippen LogP contribution in [0, 0.1) is 0 Å². The first-order valence-electron chi connectivity index (χ1n) is 5.42. The van der Waals surface area contributed by atoms with Crippen LogP contribution in [0.5, 0.6) is 0 Å². The molecule has 0 saturated carbocycles. The van der Waals surface area contributed by atoms with E-state index in [1.165, 1.54) is 11.3 Å². The van der Waals surface area contributed by atoms with Crippen LogP contribution in [0.2, 0.25) is 0 Å². The highest BCUT2D eigenvalue weighted by Gasteiger charge is 2.10. The van der Waals surface area contributed by atoms with Crippen molar-refractivity contribution in [2.24, 2.45) is 0 Å². The summed E-state index contributed by atoms with van der Waals surface area (Å²) in [4.78, 5) is 0. The Kier molecular flexibility index (Phi) is 4.27. The highest BCUT2D eigenvalue weighted by molar-refractivity contribution is 5.55. The lowest BCUT2D eigenvalue weighted by molar-refractivity contribution is 0.486. The summed E-state index contributed by atoms with van der Waals surface area (Å²) in [6, 6.07) is 8.60. The van der Waals surface area contributed by atoms with E-state index >= 15 is 0 Å². The zero-order valence-electron chi connectivity index (χ0n) is 10.4. The molecule has 0 aliphatic rings. The molecule has 0 bridgehead atoms. The Morgan fingerprint density at radius 1 is 0.938 bits per heavy atom. The van der Waals surface area contributed by atoms with Crippen molar-refractivity contribution in [2.45, 2.75) is 0 Å². The van der Waals surface area contributed by atoms with E-state index in [0.717, 1.165) is 4.48 Å². The van der Waals surface area contributed by atoms with Crippen LogP contribution in [0.4, 0.5) is 5.69 Å². The molecule has 16 heavy (non-hydrogen) atoms. The number of hydrogen-bond acceptors (Lipinski definition) is 0. The van der Waals surface area contributed by atoms with Crippen LogP contribution in [0.1, 0.15) is 5.56 Å². The van der Waals surface area contributed by atoms with Gasteiger partial charge >= 0.3 is 0 Å². The second-order valence-corrected chi connectivity index (χ2v) is 4.58. The lowest BCUT2D eigenvalue weighted by atomic mass is 10.1. The average Bonchev–Trinajstić information content (AvgIpc) is 2.24. The molecule has 0 amide bonds. The second-order valence-electron chi connectivity index (χ2n) is 4.58. The quantitative estimate of drug-likeness (QED) is 0.530. The van der Waals surface area contributed by atoms with Gasteiger partial charge in [0.25, 0.3) is 0 Å². The Morgan fingerprint density at radius 3 is 2.06 bits per heavy atom. The van der Waals surface area contributed by atoms with Gasteiger partial charge in [-0.1, -0.05) is 37.0 Å². The van der Waals surface area contributed by atoms with Crippen molar-refractivity contribution < 1.29 is 0 Å². The largest absolute Gasteiger partial charge is 0.298 e. The highest BCUT2D eigenvalue weighted by Crippen LogP contribution is 2.17. The number of nitrogens with zero attached hydrogens (tertiary/aromatic N) is 1. The van der Waals surface area contributed by atoms with Crippen LogP contribution < -0.4 is 4.48 Å². The van der Waals surface area contributed by atoms with Crippen molar-refractivity contribution in [3.8, 4) is 0 Å². The van der Waals surface area contributed by atoms with Crippen molar-refractivity contribution in [3.63, 3.8) is 0 Å². The minimum Gasteiger partial charge on any atom is -0.298 e. The maximum absolute atomic E-state index is 3.62. The van der Waals surface area contributed by atoms with E-state index in [1.807, 2.05) is 18.2 Å². The molecule has 1 aromatic carbocycles. The minimum absolute atomic E-state index is 0.848. The zero-order chi connectivity index (χ0) is 12.0. The van der Waals surface area contributed by atoms with Crippen molar-refractivity contribution in [1.82, 2.24) is 4.48 Å². The van der Waals surface area contributed by atoms with Gasteiger partial charge in [0.15, 0.2) is 0 Å². The molecule has 0 saturated heterocycles. The molecule has 1 aromatic rings. The molecule has 1 rings (SSSR count). The first kappa shape index (κ1) is 12.5. The number of allylic oxidation sites excluding steroid dienone is 4. The molecule has 0 fully saturated rings. The third kappa shape index (κ3) is 3.87. The Morgan fingerprint density at radius 2 is 1.56 bits per heavy atom. The average molecular weight is 214 g/mol. The molecule has 1 nitrogen and oxygen atoms in total. The Balaban J connectivity index is 2.76. The van der Waals surface area contributed by atoms with E-state index in [0.29, 0.717) is 0 Å². The van der Waals surface area contributed by atoms with Gasteiger partial charge in [0.05, 0.1) is 21.1 Å². The molecule has 1 heteroatoms. The summed E-state index contributed by atoms with van der Waals surface area (Å²) in [5.74, 6) is 0. The summed E-state index contributed by atoms with van der Waals surface area (Å²) in [5, 5.41) is 0. The number of hydrogen-bond donors (Lipinski definition) is 0. The third-order valence-corrected chi connectivity index (χ3v) is 2.31. The molecular formula is C15H20N+. The maximum Gasteiger partial charge on any atom is 0.132 e. The van der Waals surface area contributed by atoms with Crippen LogP contribution in [0.3, 0.4) is 0 Å². The van der Waals surface area contributed by atoms with Crippen LogP contribution in [0.25, 0.3) is 6.08 Å². The van der Waals surface area contributed by atoms with E-state index in [9.17, 15) is 0 Å². The molecule has 0 aliphatic heterocycles. The second kappa shape index (κ2) is 5.47. The summed E-state index contributed by atoms with van der Waals surface area (Å²) in [7, 11) is 6.49. The summed E-state index contributed by atoms with van der Waals surface area (Å²) in [6.45, 7) is 3.62. The van der Waals surface area contributed by atoms with Gasteiger partial charge in [-0.3, -0.25) is 4.48 Å². The first-order chi connectivity index (χ1) is 7.54. The summed E-state index contributed by atoms with van der Waals surface area (Å²) >= 11 is 0. The van der Waals surface area contributed by atoms with Gasteiger partial charge in [0.2, 0.25) is 0 Å². The van der Waals surface area contributed by atoms with Gasteiger partial charge in [-0.05, 0) is 29.8 Å². The number of benzene rings is 1. The SMILES string of the molecule is C=C/C=C/C=C/c1ccc([N+](C)(C)C)cc1. The van der Waals surface area contributed by atoms with Gasteiger partial charge in [-0.2, -0.15) is 0 Å². The molecular weight excluding hydrogens is 194 g/mol. The van der Waals surface area contributed by atoms with Gasteiger partial charge in [0, 0.05) is 0 Å². The molecule has 0 spiro atoms. The fourth-order valence-corrected chi connectivity index (χ4v) is 1.34. The summed E-state index contributed by atoms with van der Waals surface area (Å²) in [6.07, 6.45) is 9.75. The summed E-state index contributed by atoms with van der Waals surface area (Å²) in [5.41, 5.74) is 2.52. The number of quaternary nitrogens is 1. The third-order valence-electron chi connectivity index (χ3n) is 2.31. The van der Waals surface area contributed by atoms with E-state index in [-0.39, 0.29) is 0 Å². The van der Waals surface area contributed by atoms with E-state index in [4.69, 9.17) is 0 Å². The smallest absolute Gasteiger partial charge is 0.132 e. The monoisotopic (exact) mass is 214 g/mol. The predicted molar refractivity (Wildman–Crippen MR) is 74.4 cm³/mol. The van der Waals surface area contributed by atoms with Gasteiger partial charge in [-0.15, -0.1) is 0 Å². The molecule has 0 radical (unpaired) electrons. The maximum atomic E-state index is 3.62. The fraction of sp³-hybridized carbons (Fsp3) is 0.200. The lowest BCUT2D eigenvalue weighted by Crippen LogP contribution is -2.34. The van der Waals surface area contributed by atoms with Crippen molar-refractivity contribution in [2.75, 3.05) is 21.1 Å². The molecule has 0 aliphatic carbocycles. The molecule has 0 unspecified atom stereocenters. The lowest BCUT2D eigenvalue weighted by Gasteiger charge is -2.23.